The van der Waals surface area contributed by atoms with Crippen molar-refractivity contribution in [1.82, 2.24) is 15.6 Å². The van der Waals surface area contributed by atoms with Gasteiger partial charge in [-0.3, -0.25) is 9.59 Å². The van der Waals surface area contributed by atoms with Crippen LogP contribution in [0.2, 0.25) is 0 Å². The number of nitrogens with zero attached hydrogens (tertiary/aromatic N) is 1. The maximum atomic E-state index is 13.6. The molecule has 6 nitrogen and oxygen atoms in total. The molecule has 1 aromatic rings. The standard InChI is InChI=1S/C11H13FN4O2/c12-9-7(3-4-14-10(9)13)11(18)16-6-1-2-8(17)15-5-6/h3-4,6H,1-2,5H2,(H2,13,14)(H,15,17)(H,16,18). The van der Waals surface area contributed by atoms with Crippen LogP contribution in [0.25, 0.3) is 0 Å². The van der Waals surface area contributed by atoms with E-state index in [0.29, 0.717) is 19.4 Å². The molecule has 1 aromatic heterocycles. The van der Waals surface area contributed by atoms with Crippen molar-refractivity contribution in [1.29, 1.82) is 0 Å². The van der Waals surface area contributed by atoms with Crippen molar-refractivity contribution in [3.8, 4) is 0 Å². The number of hydrogen-bond donors (Lipinski definition) is 3. The van der Waals surface area contributed by atoms with Gasteiger partial charge in [0, 0.05) is 25.2 Å². The second-order valence-corrected chi connectivity index (χ2v) is 4.07. The molecule has 1 aliphatic heterocycles. The first kappa shape index (κ1) is 12.3. The van der Waals surface area contributed by atoms with E-state index in [1.54, 1.807) is 0 Å². The van der Waals surface area contributed by atoms with Crippen LogP contribution < -0.4 is 16.4 Å². The number of anilines is 1. The van der Waals surface area contributed by atoms with Gasteiger partial charge in [0.25, 0.3) is 5.91 Å². The lowest BCUT2D eigenvalue weighted by molar-refractivity contribution is -0.122. The summed E-state index contributed by atoms with van der Waals surface area (Å²) in [4.78, 5) is 26.3. The molecule has 0 aromatic carbocycles. The molecule has 0 spiro atoms. The molecule has 1 unspecified atom stereocenters. The first-order chi connectivity index (χ1) is 8.58. The van der Waals surface area contributed by atoms with Crippen LogP contribution in [0.4, 0.5) is 10.2 Å². The lowest BCUT2D eigenvalue weighted by Crippen LogP contribution is -2.47. The van der Waals surface area contributed by atoms with Gasteiger partial charge in [-0.25, -0.2) is 9.37 Å². The number of hydrogen-bond acceptors (Lipinski definition) is 4. The molecule has 7 heteroatoms. The summed E-state index contributed by atoms with van der Waals surface area (Å²) in [5.41, 5.74) is 5.15. The average molecular weight is 252 g/mol. The predicted octanol–water partition coefficient (Wildman–Crippen LogP) is -0.189. The highest BCUT2D eigenvalue weighted by Gasteiger charge is 2.22. The zero-order valence-electron chi connectivity index (χ0n) is 9.57. The summed E-state index contributed by atoms with van der Waals surface area (Å²) in [5, 5.41) is 5.28. The second kappa shape index (κ2) is 4.99. The summed E-state index contributed by atoms with van der Waals surface area (Å²) in [6.07, 6.45) is 2.17. The Hall–Kier alpha value is -2.18. The zero-order valence-corrected chi connectivity index (χ0v) is 9.57. The number of rotatable bonds is 2. The molecule has 1 fully saturated rings. The van der Waals surface area contributed by atoms with Gasteiger partial charge >= 0.3 is 0 Å². The Balaban J connectivity index is 2.03. The van der Waals surface area contributed by atoms with Crippen LogP contribution in [0.3, 0.4) is 0 Å². The quantitative estimate of drug-likeness (QED) is 0.679. The van der Waals surface area contributed by atoms with E-state index in [-0.39, 0.29) is 23.3 Å². The van der Waals surface area contributed by atoms with E-state index in [9.17, 15) is 14.0 Å². The molecule has 96 valence electrons. The maximum absolute atomic E-state index is 13.6. The van der Waals surface area contributed by atoms with Crippen LogP contribution in [-0.2, 0) is 4.79 Å². The first-order valence-electron chi connectivity index (χ1n) is 5.55. The van der Waals surface area contributed by atoms with Crippen molar-refractivity contribution in [2.24, 2.45) is 0 Å². The molecule has 18 heavy (non-hydrogen) atoms. The van der Waals surface area contributed by atoms with Crippen molar-refractivity contribution >= 4 is 17.6 Å². The van der Waals surface area contributed by atoms with Crippen LogP contribution in [0.15, 0.2) is 12.3 Å². The molecule has 0 aliphatic carbocycles. The van der Waals surface area contributed by atoms with Gasteiger partial charge in [0.2, 0.25) is 5.91 Å². The van der Waals surface area contributed by atoms with Crippen molar-refractivity contribution < 1.29 is 14.0 Å². The number of nitrogen functional groups attached to an aromatic ring is 1. The van der Waals surface area contributed by atoms with Crippen molar-refractivity contribution in [2.75, 3.05) is 12.3 Å². The van der Waals surface area contributed by atoms with E-state index >= 15 is 0 Å². The third-order valence-electron chi connectivity index (χ3n) is 2.76. The number of pyridine rings is 1. The van der Waals surface area contributed by atoms with Crippen LogP contribution in [-0.4, -0.2) is 29.4 Å². The Morgan fingerprint density at radius 3 is 3.06 bits per heavy atom. The van der Waals surface area contributed by atoms with E-state index in [2.05, 4.69) is 15.6 Å². The van der Waals surface area contributed by atoms with Crippen LogP contribution in [0, 0.1) is 5.82 Å². The Kier molecular flexibility index (Phi) is 3.40. The molecule has 2 rings (SSSR count). The monoisotopic (exact) mass is 252 g/mol. The van der Waals surface area contributed by atoms with E-state index in [0.717, 1.165) is 0 Å². The molecule has 0 saturated carbocycles. The third kappa shape index (κ3) is 2.55. The summed E-state index contributed by atoms with van der Waals surface area (Å²) in [6, 6.07) is 1.08. The molecule has 4 N–H and O–H groups in total. The number of nitrogens with one attached hydrogen (secondary N) is 2. The maximum Gasteiger partial charge on any atom is 0.254 e. The summed E-state index contributed by atoms with van der Waals surface area (Å²) in [6.45, 7) is 0.354. The molecule has 1 aliphatic rings. The first-order valence-corrected chi connectivity index (χ1v) is 5.55. The van der Waals surface area contributed by atoms with Crippen molar-refractivity contribution in [3.05, 3.63) is 23.6 Å². The smallest absolute Gasteiger partial charge is 0.254 e. The highest BCUT2D eigenvalue weighted by molar-refractivity contribution is 5.95. The molecule has 0 radical (unpaired) electrons. The number of halogens is 1. The molecule has 2 heterocycles. The van der Waals surface area contributed by atoms with Gasteiger partial charge in [0.1, 0.15) is 0 Å². The largest absolute Gasteiger partial charge is 0.381 e. The summed E-state index contributed by atoms with van der Waals surface area (Å²) in [5.74, 6) is -1.72. The lowest BCUT2D eigenvalue weighted by Gasteiger charge is -2.23. The van der Waals surface area contributed by atoms with Crippen molar-refractivity contribution in [2.45, 2.75) is 18.9 Å². The third-order valence-corrected chi connectivity index (χ3v) is 2.76. The minimum Gasteiger partial charge on any atom is -0.381 e. The summed E-state index contributed by atoms with van der Waals surface area (Å²) in [7, 11) is 0. The predicted molar refractivity (Wildman–Crippen MR) is 62.1 cm³/mol. The van der Waals surface area contributed by atoms with Gasteiger partial charge in [-0.05, 0) is 12.5 Å². The fourth-order valence-corrected chi connectivity index (χ4v) is 1.75. The fourth-order valence-electron chi connectivity index (χ4n) is 1.75. The minimum absolute atomic E-state index is 0.0418. The Labute approximate surface area is 103 Å². The van der Waals surface area contributed by atoms with Crippen LogP contribution in [0.5, 0.6) is 0 Å². The number of aromatic nitrogens is 1. The van der Waals surface area contributed by atoms with Gasteiger partial charge in [0.15, 0.2) is 11.6 Å². The summed E-state index contributed by atoms with van der Waals surface area (Å²) < 4.78 is 13.6. The lowest BCUT2D eigenvalue weighted by atomic mass is 10.1. The van der Waals surface area contributed by atoms with Gasteiger partial charge in [0.05, 0.1) is 5.56 Å². The van der Waals surface area contributed by atoms with Gasteiger partial charge in [-0.1, -0.05) is 0 Å². The Bertz CT molecular complexity index is 482. The molecule has 2 amide bonds. The van der Waals surface area contributed by atoms with Gasteiger partial charge in [-0.2, -0.15) is 0 Å². The van der Waals surface area contributed by atoms with E-state index in [4.69, 9.17) is 5.73 Å². The second-order valence-electron chi connectivity index (χ2n) is 4.07. The number of nitrogens with two attached hydrogens (primary N) is 1. The van der Waals surface area contributed by atoms with Gasteiger partial charge < -0.3 is 16.4 Å². The average Bonchev–Trinajstić information content (AvgIpc) is 2.35. The SMILES string of the molecule is Nc1nccc(C(=O)NC2CCC(=O)NC2)c1F. The highest BCUT2D eigenvalue weighted by Crippen LogP contribution is 2.12. The molecular formula is C11H13FN4O2. The van der Waals surface area contributed by atoms with Crippen LogP contribution >= 0.6 is 0 Å². The van der Waals surface area contributed by atoms with Crippen molar-refractivity contribution in [3.63, 3.8) is 0 Å². The Morgan fingerprint density at radius 1 is 1.61 bits per heavy atom. The summed E-state index contributed by atoms with van der Waals surface area (Å²) >= 11 is 0. The fraction of sp³-hybridized carbons (Fsp3) is 0.364. The molecule has 0 bridgehead atoms. The molecule has 1 atom stereocenters. The Morgan fingerprint density at radius 2 is 2.39 bits per heavy atom. The normalized spacial score (nSPS) is 19.2. The topological polar surface area (TPSA) is 97.1 Å². The molecule has 1 saturated heterocycles. The van der Waals surface area contributed by atoms with Crippen LogP contribution in [0.1, 0.15) is 23.2 Å². The van der Waals surface area contributed by atoms with E-state index in [1.165, 1.54) is 12.3 Å². The number of carbonyl (C=O) groups is 2. The number of carbonyl (C=O) groups excluding carboxylic acids is 2. The van der Waals surface area contributed by atoms with Gasteiger partial charge in [-0.15, -0.1) is 0 Å². The minimum atomic E-state index is -0.824. The number of amides is 2. The van der Waals surface area contributed by atoms with E-state index in [1.807, 2.05) is 0 Å². The zero-order chi connectivity index (χ0) is 13.1. The number of piperidine rings is 1. The van der Waals surface area contributed by atoms with E-state index < -0.39 is 11.7 Å². The molecular weight excluding hydrogens is 239 g/mol. The highest BCUT2D eigenvalue weighted by atomic mass is 19.1.